The number of aliphatic imine (C=N–C) groups is 1. The zero-order valence-corrected chi connectivity index (χ0v) is 14.3. The van der Waals surface area contributed by atoms with E-state index in [1.54, 1.807) is 18.2 Å². The van der Waals surface area contributed by atoms with E-state index < -0.39 is 5.63 Å². The van der Waals surface area contributed by atoms with Crippen molar-refractivity contribution in [1.29, 1.82) is 0 Å². The van der Waals surface area contributed by atoms with Gasteiger partial charge in [0.25, 0.3) is 0 Å². The van der Waals surface area contributed by atoms with Gasteiger partial charge in [-0.2, -0.15) is 0 Å². The maximum Gasteiger partial charge on any atom is 0.347 e. The highest BCUT2D eigenvalue weighted by Crippen LogP contribution is 2.27. The van der Waals surface area contributed by atoms with E-state index in [4.69, 9.17) is 9.15 Å². The Morgan fingerprint density at radius 1 is 0.815 bits per heavy atom. The summed E-state index contributed by atoms with van der Waals surface area (Å²) < 4.78 is 11.2. The third-order valence-corrected chi connectivity index (χ3v) is 4.49. The Morgan fingerprint density at radius 2 is 1.56 bits per heavy atom. The number of fused-ring (bicyclic) bond motifs is 2. The normalized spacial score (nSPS) is 13.0. The number of hydrogen-bond acceptors (Lipinski definition) is 5. The first-order chi connectivity index (χ1) is 13.3. The lowest BCUT2D eigenvalue weighted by Crippen LogP contribution is -2.11. The van der Waals surface area contributed by atoms with Crippen molar-refractivity contribution in [2.45, 2.75) is 6.61 Å². The number of benzene rings is 3. The van der Waals surface area contributed by atoms with Crippen molar-refractivity contribution in [1.82, 2.24) is 4.98 Å². The van der Waals surface area contributed by atoms with Crippen molar-refractivity contribution in [2.24, 2.45) is 4.99 Å². The van der Waals surface area contributed by atoms with Crippen LogP contribution in [-0.2, 0) is 11.3 Å². The van der Waals surface area contributed by atoms with Crippen molar-refractivity contribution < 1.29 is 9.15 Å². The maximum absolute atomic E-state index is 12.2. The van der Waals surface area contributed by atoms with Crippen molar-refractivity contribution in [3.8, 4) is 11.5 Å². The molecule has 130 valence electrons. The molecule has 0 fully saturated rings. The Bertz CT molecular complexity index is 1240. The van der Waals surface area contributed by atoms with E-state index in [0.29, 0.717) is 29.3 Å². The number of rotatable bonds is 2. The molecule has 0 radical (unpaired) electrons. The van der Waals surface area contributed by atoms with Crippen LogP contribution in [0.5, 0.6) is 0 Å². The fourth-order valence-corrected chi connectivity index (χ4v) is 3.08. The second-order valence-electron chi connectivity index (χ2n) is 6.24. The van der Waals surface area contributed by atoms with Crippen LogP contribution >= 0.6 is 0 Å². The summed E-state index contributed by atoms with van der Waals surface area (Å²) in [6.45, 7) is 0.498. The van der Waals surface area contributed by atoms with Crippen LogP contribution in [0.2, 0.25) is 0 Å². The zero-order valence-electron chi connectivity index (χ0n) is 14.3. The SMILES string of the molecule is O=c1oc(-c2ccc(C3=Nc4ccccc4CO3)cc2)nc2ccccc12. The van der Waals surface area contributed by atoms with E-state index in [9.17, 15) is 4.79 Å². The van der Waals surface area contributed by atoms with Gasteiger partial charge in [-0.3, -0.25) is 0 Å². The molecule has 0 atom stereocenters. The fraction of sp³-hybridized carbons (Fsp3) is 0.0455. The molecular weight excluding hydrogens is 340 g/mol. The van der Waals surface area contributed by atoms with E-state index >= 15 is 0 Å². The molecule has 5 nitrogen and oxygen atoms in total. The molecule has 1 aliphatic heterocycles. The Labute approximate surface area is 154 Å². The molecule has 5 rings (SSSR count). The van der Waals surface area contributed by atoms with E-state index in [2.05, 4.69) is 9.98 Å². The monoisotopic (exact) mass is 354 g/mol. The minimum absolute atomic E-state index is 0.294. The molecular formula is C22H14N2O3. The van der Waals surface area contributed by atoms with Crippen molar-refractivity contribution in [3.63, 3.8) is 0 Å². The van der Waals surface area contributed by atoms with Gasteiger partial charge in [0, 0.05) is 16.7 Å². The summed E-state index contributed by atoms with van der Waals surface area (Å²) in [5.41, 5.74) is 3.79. The number of para-hydroxylation sites is 2. The average Bonchev–Trinajstić information content (AvgIpc) is 2.73. The summed E-state index contributed by atoms with van der Waals surface area (Å²) in [6.07, 6.45) is 0. The minimum atomic E-state index is -0.392. The van der Waals surface area contributed by atoms with Gasteiger partial charge in [0.15, 0.2) is 0 Å². The first kappa shape index (κ1) is 15.5. The van der Waals surface area contributed by atoms with Crippen LogP contribution in [0.3, 0.4) is 0 Å². The number of nitrogens with zero attached hydrogens (tertiary/aromatic N) is 2. The first-order valence-electron chi connectivity index (χ1n) is 8.58. The van der Waals surface area contributed by atoms with Crippen LogP contribution in [0.15, 0.2) is 87.0 Å². The van der Waals surface area contributed by atoms with Gasteiger partial charge in [-0.15, -0.1) is 0 Å². The Kier molecular flexibility index (Phi) is 3.57. The van der Waals surface area contributed by atoms with Gasteiger partial charge in [-0.05, 0) is 42.5 Å². The molecule has 0 N–H and O–H groups in total. The first-order valence-corrected chi connectivity index (χ1v) is 8.58. The number of aromatic nitrogens is 1. The Morgan fingerprint density at radius 3 is 2.44 bits per heavy atom. The largest absolute Gasteiger partial charge is 0.472 e. The topological polar surface area (TPSA) is 64.7 Å². The molecule has 5 heteroatoms. The summed E-state index contributed by atoms with van der Waals surface area (Å²) in [5.74, 6) is 0.871. The molecule has 0 saturated carbocycles. The van der Waals surface area contributed by atoms with E-state index in [-0.39, 0.29) is 0 Å². The molecule has 4 aromatic rings. The molecule has 0 aliphatic carbocycles. The van der Waals surface area contributed by atoms with Crippen LogP contribution in [0.1, 0.15) is 11.1 Å². The smallest absolute Gasteiger partial charge is 0.347 e. The van der Waals surface area contributed by atoms with Crippen molar-refractivity contribution >= 4 is 22.5 Å². The van der Waals surface area contributed by atoms with E-state index in [1.165, 1.54) is 0 Å². The highest BCUT2D eigenvalue weighted by molar-refractivity contribution is 5.97. The van der Waals surface area contributed by atoms with Gasteiger partial charge in [-0.1, -0.05) is 30.3 Å². The molecule has 0 bridgehead atoms. The highest BCUT2D eigenvalue weighted by Gasteiger charge is 2.15. The summed E-state index contributed by atoms with van der Waals surface area (Å²) in [7, 11) is 0. The molecule has 1 aliphatic rings. The number of ether oxygens (including phenoxy) is 1. The van der Waals surface area contributed by atoms with Crippen molar-refractivity contribution in [2.75, 3.05) is 0 Å². The standard InChI is InChI=1S/C22H14N2O3/c25-22-17-6-2-4-8-19(17)24-21(27-22)15-11-9-14(10-12-15)20-23-18-7-3-1-5-16(18)13-26-20/h1-12H,13H2. The number of hydrogen-bond donors (Lipinski definition) is 0. The molecule has 0 spiro atoms. The van der Waals surface area contributed by atoms with Crippen LogP contribution in [0.25, 0.3) is 22.4 Å². The predicted molar refractivity (Wildman–Crippen MR) is 103 cm³/mol. The van der Waals surface area contributed by atoms with Gasteiger partial charge >= 0.3 is 5.63 Å². The van der Waals surface area contributed by atoms with E-state index in [1.807, 2.05) is 54.6 Å². The summed E-state index contributed by atoms with van der Waals surface area (Å²) in [4.78, 5) is 21.2. The lowest BCUT2D eigenvalue weighted by atomic mass is 10.1. The Hall–Kier alpha value is -3.73. The zero-order chi connectivity index (χ0) is 18.2. The lowest BCUT2D eigenvalue weighted by Gasteiger charge is -2.16. The highest BCUT2D eigenvalue weighted by atomic mass is 16.5. The third kappa shape index (κ3) is 2.79. The fourth-order valence-electron chi connectivity index (χ4n) is 3.08. The van der Waals surface area contributed by atoms with Crippen LogP contribution < -0.4 is 5.63 Å². The van der Waals surface area contributed by atoms with Gasteiger partial charge in [-0.25, -0.2) is 14.8 Å². The Balaban J connectivity index is 1.51. The van der Waals surface area contributed by atoms with Crippen LogP contribution in [0.4, 0.5) is 5.69 Å². The van der Waals surface area contributed by atoms with Gasteiger partial charge in [0.2, 0.25) is 11.8 Å². The maximum atomic E-state index is 12.2. The van der Waals surface area contributed by atoms with E-state index in [0.717, 1.165) is 22.4 Å². The van der Waals surface area contributed by atoms with Crippen LogP contribution in [0, 0.1) is 0 Å². The quantitative estimate of drug-likeness (QED) is 0.533. The molecule has 0 saturated heterocycles. The molecule has 27 heavy (non-hydrogen) atoms. The van der Waals surface area contributed by atoms with Crippen LogP contribution in [-0.4, -0.2) is 10.9 Å². The predicted octanol–water partition coefficient (Wildman–Crippen LogP) is 4.46. The summed E-state index contributed by atoms with van der Waals surface area (Å²) in [6, 6.07) is 22.5. The molecule has 2 heterocycles. The molecule has 1 aromatic heterocycles. The molecule has 0 unspecified atom stereocenters. The second kappa shape index (κ2) is 6.21. The van der Waals surface area contributed by atoms with Crippen molar-refractivity contribution in [3.05, 3.63) is 94.3 Å². The second-order valence-corrected chi connectivity index (χ2v) is 6.24. The summed E-state index contributed by atoms with van der Waals surface area (Å²) in [5, 5.41) is 0.474. The lowest BCUT2D eigenvalue weighted by molar-refractivity contribution is 0.288. The van der Waals surface area contributed by atoms with Gasteiger partial charge < -0.3 is 9.15 Å². The van der Waals surface area contributed by atoms with Gasteiger partial charge in [0.1, 0.15) is 6.61 Å². The van der Waals surface area contributed by atoms with Gasteiger partial charge in [0.05, 0.1) is 16.6 Å². The molecule has 0 amide bonds. The summed E-state index contributed by atoms with van der Waals surface area (Å²) >= 11 is 0. The molecule has 3 aromatic carbocycles. The average molecular weight is 354 g/mol. The minimum Gasteiger partial charge on any atom is -0.472 e. The third-order valence-electron chi connectivity index (χ3n) is 4.49.